The Bertz CT molecular complexity index is 330. The second kappa shape index (κ2) is 4.40. The van der Waals surface area contributed by atoms with Crippen LogP contribution in [0.25, 0.3) is 10.3 Å². The minimum Gasteiger partial charge on any atom is -0.372 e. The molecule has 0 aliphatic rings. The van der Waals surface area contributed by atoms with Gasteiger partial charge in [-0.25, -0.2) is 4.98 Å². The first-order valence-electron chi connectivity index (χ1n) is 3.18. The number of rotatable bonds is 0. The molecule has 0 bridgehead atoms. The van der Waals surface area contributed by atoms with E-state index in [-0.39, 0.29) is 6.41 Å². The number of hydrogen-bond acceptors (Lipinski definition) is 4. The minimum absolute atomic E-state index is 0.250. The summed E-state index contributed by atoms with van der Waals surface area (Å²) >= 11 is 1.61. The van der Waals surface area contributed by atoms with Gasteiger partial charge in [-0.05, 0) is 11.4 Å². The van der Waals surface area contributed by atoms with Crippen LogP contribution < -0.4 is 5.73 Å². The summed E-state index contributed by atoms with van der Waals surface area (Å²) in [6, 6.07) is 1.97. The number of fused-ring (bicyclic) bond motifs is 1. The highest BCUT2D eigenvalue weighted by molar-refractivity contribution is 7.16. The monoisotopic (exact) mass is 181 g/mol. The average molecular weight is 181 g/mol. The van der Waals surface area contributed by atoms with Gasteiger partial charge in [0.25, 0.3) is 0 Å². The Kier molecular flexibility index (Phi) is 3.16. The number of carbonyl (C=O) groups is 1. The fourth-order valence-corrected chi connectivity index (χ4v) is 1.39. The molecule has 0 aliphatic heterocycles. The molecule has 0 radical (unpaired) electrons. The molecule has 2 aromatic heterocycles. The molecule has 12 heavy (non-hydrogen) atoms. The van der Waals surface area contributed by atoms with E-state index in [0.29, 0.717) is 0 Å². The van der Waals surface area contributed by atoms with Crippen LogP contribution >= 0.6 is 11.3 Å². The lowest BCUT2D eigenvalue weighted by Crippen LogP contribution is -1.82. The van der Waals surface area contributed by atoms with E-state index in [1.165, 1.54) is 0 Å². The lowest BCUT2D eigenvalue weighted by Gasteiger charge is -1.81. The SMILES string of the molecule is NC=O.c1cnc2sccc2n1. The Morgan fingerprint density at radius 1 is 1.42 bits per heavy atom. The van der Waals surface area contributed by atoms with Crippen LogP contribution in [0.5, 0.6) is 0 Å². The van der Waals surface area contributed by atoms with Gasteiger partial charge in [0.2, 0.25) is 6.41 Å². The van der Waals surface area contributed by atoms with Crippen molar-refractivity contribution in [2.24, 2.45) is 5.73 Å². The Labute approximate surface area is 73.1 Å². The van der Waals surface area contributed by atoms with Crippen molar-refractivity contribution in [3.05, 3.63) is 23.8 Å². The van der Waals surface area contributed by atoms with Gasteiger partial charge in [-0.2, -0.15) is 0 Å². The second-order valence-corrected chi connectivity index (χ2v) is 2.70. The number of amides is 1. The number of carbonyl (C=O) groups excluding carboxylic acids is 1. The Balaban J connectivity index is 0.000000213. The van der Waals surface area contributed by atoms with Gasteiger partial charge < -0.3 is 5.73 Å². The van der Waals surface area contributed by atoms with Gasteiger partial charge in [0, 0.05) is 12.4 Å². The van der Waals surface area contributed by atoms with Crippen molar-refractivity contribution in [3.8, 4) is 0 Å². The predicted molar refractivity (Wildman–Crippen MR) is 47.7 cm³/mol. The molecule has 0 aliphatic carbocycles. The molecular formula is C7H7N3OS. The van der Waals surface area contributed by atoms with Crippen molar-refractivity contribution < 1.29 is 4.79 Å². The summed E-state index contributed by atoms with van der Waals surface area (Å²) in [6.45, 7) is 0. The van der Waals surface area contributed by atoms with Gasteiger partial charge in [-0.3, -0.25) is 9.78 Å². The molecule has 0 atom stereocenters. The Morgan fingerprint density at radius 3 is 2.75 bits per heavy atom. The molecule has 5 heteroatoms. The molecule has 4 nitrogen and oxygen atoms in total. The largest absolute Gasteiger partial charge is 0.372 e. The molecule has 0 unspecified atom stereocenters. The summed E-state index contributed by atoms with van der Waals surface area (Å²) in [5.74, 6) is 0. The van der Waals surface area contributed by atoms with Crippen molar-refractivity contribution in [2.45, 2.75) is 0 Å². The van der Waals surface area contributed by atoms with Gasteiger partial charge in [0.05, 0.1) is 5.52 Å². The molecule has 0 fully saturated rings. The topological polar surface area (TPSA) is 68.9 Å². The minimum atomic E-state index is 0.250. The number of aromatic nitrogens is 2. The zero-order valence-electron chi connectivity index (χ0n) is 6.18. The number of nitrogens with two attached hydrogens (primary N) is 1. The summed E-state index contributed by atoms with van der Waals surface area (Å²) in [5, 5.41) is 1.99. The summed E-state index contributed by atoms with van der Waals surface area (Å²) in [7, 11) is 0. The highest BCUT2D eigenvalue weighted by Gasteiger charge is 1.91. The first kappa shape index (κ1) is 8.61. The van der Waals surface area contributed by atoms with Crippen LogP contribution in [0, 0.1) is 0 Å². The highest BCUT2D eigenvalue weighted by Crippen LogP contribution is 2.13. The quantitative estimate of drug-likeness (QED) is 0.611. The van der Waals surface area contributed by atoms with E-state index in [4.69, 9.17) is 4.79 Å². The molecule has 62 valence electrons. The standard InChI is InChI=1S/C6H4N2S.CH3NO/c1-4-9-6-5(1)7-2-3-8-6;2-1-3/h1-4H;1H,(H2,2,3). The van der Waals surface area contributed by atoms with E-state index in [2.05, 4.69) is 15.7 Å². The fraction of sp³-hybridized carbons (Fsp3) is 0. The van der Waals surface area contributed by atoms with Gasteiger partial charge in [-0.15, -0.1) is 11.3 Å². The van der Waals surface area contributed by atoms with Crippen LogP contribution in [-0.2, 0) is 4.79 Å². The molecule has 0 saturated heterocycles. The van der Waals surface area contributed by atoms with E-state index in [0.717, 1.165) is 10.3 Å². The van der Waals surface area contributed by atoms with Crippen molar-refractivity contribution in [2.75, 3.05) is 0 Å². The molecular weight excluding hydrogens is 174 g/mol. The smallest absolute Gasteiger partial charge is 0.204 e. The molecule has 0 aromatic carbocycles. The second-order valence-electron chi connectivity index (χ2n) is 1.80. The number of primary amides is 1. The summed E-state index contributed by atoms with van der Waals surface area (Å²) in [4.78, 5) is 17.8. The van der Waals surface area contributed by atoms with E-state index in [9.17, 15) is 0 Å². The molecule has 2 rings (SSSR count). The Hall–Kier alpha value is -1.49. The Morgan fingerprint density at radius 2 is 2.08 bits per heavy atom. The lowest BCUT2D eigenvalue weighted by molar-refractivity contribution is -0.106. The van der Waals surface area contributed by atoms with Crippen molar-refractivity contribution in [1.29, 1.82) is 0 Å². The third-order valence-corrected chi connectivity index (χ3v) is 1.91. The van der Waals surface area contributed by atoms with E-state index in [1.54, 1.807) is 23.7 Å². The third kappa shape index (κ3) is 2.00. The molecule has 2 heterocycles. The third-order valence-electron chi connectivity index (χ3n) is 1.10. The molecule has 0 saturated carbocycles. The fourth-order valence-electron chi connectivity index (χ4n) is 0.704. The normalized spacial score (nSPS) is 8.67. The lowest BCUT2D eigenvalue weighted by atomic mass is 10.5. The van der Waals surface area contributed by atoms with E-state index >= 15 is 0 Å². The number of thiophene rings is 1. The average Bonchev–Trinajstić information content (AvgIpc) is 2.52. The first-order chi connectivity index (χ1) is 5.88. The maximum atomic E-state index is 8.58. The van der Waals surface area contributed by atoms with Crippen LogP contribution in [-0.4, -0.2) is 16.4 Å². The highest BCUT2D eigenvalue weighted by atomic mass is 32.1. The maximum Gasteiger partial charge on any atom is 0.204 e. The van der Waals surface area contributed by atoms with E-state index in [1.807, 2.05) is 11.4 Å². The van der Waals surface area contributed by atoms with Crippen molar-refractivity contribution in [1.82, 2.24) is 9.97 Å². The molecule has 2 aromatic rings. The summed E-state index contributed by atoms with van der Waals surface area (Å²) in [5.41, 5.74) is 5.16. The van der Waals surface area contributed by atoms with Gasteiger partial charge in [0.1, 0.15) is 4.83 Å². The van der Waals surface area contributed by atoms with Gasteiger partial charge >= 0.3 is 0 Å². The molecule has 1 amide bonds. The van der Waals surface area contributed by atoms with Crippen LogP contribution in [0.3, 0.4) is 0 Å². The number of hydrogen-bond donors (Lipinski definition) is 1. The number of nitrogens with zero attached hydrogens (tertiary/aromatic N) is 2. The molecule has 2 N–H and O–H groups in total. The van der Waals surface area contributed by atoms with Crippen LogP contribution in [0.4, 0.5) is 0 Å². The zero-order valence-corrected chi connectivity index (χ0v) is 6.99. The van der Waals surface area contributed by atoms with Crippen molar-refractivity contribution >= 4 is 28.1 Å². The summed E-state index contributed by atoms with van der Waals surface area (Å²) in [6.07, 6.45) is 3.66. The summed E-state index contributed by atoms with van der Waals surface area (Å²) < 4.78 is 0. The zero-order chi connectivity index (χ0) is 8.81. The van der Waals surface area contributed by atoms with Crippen LogP contribution in [0.1, 0.15) is 0 Å². The first-order valence-corrected chi connectivity index (χ1v) is 4.06. The predicted octanol–water partition coefficient (Wildman–Crippen LogP) is 0.793. The van der Waals surface area contributed by atoms with Crippen LogP contribution in [0.2, 0.25) is 0 Å². The van der Waals surface area contributed by atoms with Gasteiger partial charge in [0.15, 0.2) is 0 Å². The maximum absolute atomic E-state index is 8.58. The van der Waals surface area contributed by atoms with Crippen molar-refractivity contribution in [3.63, 3.8) is 0 Å². The molecule has 0 spiro atoms. The van der Waals surface area contributed by atoms with Crippen LogP contribution in [0.15, 0.2) is 23.8 Å². The van der Waals surface area contributed by atoms with E-state index < -0.39 is 0 Å². The van der Waals surface area contributed by atoms with Gasteiger partial charge in [-0.1, -0.05) is 0 Å².